The molecule has 198 valence electrons. The van der Waals surface area contributed by atoms with Gasteiger partial charge in [-0.15, -0.1) is 0 Å². The second-order valence-corrected chi connectivity index (χ2v) is 10.1. The number of rotatable bonds is 6. The fourth-order valence-corrected chi connectivity index (χ4v) is 5.75. The van der Waals surface area contributed by atoms with Gasteiger partial charge in [-0.2, -0.15) is 0 Å². The Morgan fingerprint density at radius 1 is 0.262 bits per heavy atom. The minimum absolute atomic E-state index is 1.08. The molecule has 3 heteroatoms. The first-order chi connectivity index (χ1) is 20.9. The molecular formula is C39H27N3. The molecule has 0 aliphatic carbocycles. The summed E-state index contributed by atoms with van der Waals surface area (Å²) in [5.41, 5.74) is 13.6. The van der Waals surface area contributed by atoms with Gasteiger partial charge in [-0.05, 0) is 68.3 Å². The van der Waals surface area contributed by atoms with Gasteiger partial charge in [0.25, 0.3) is 0 Å². The van der Waals surface area contributed by atoms with Crippen molar-refractivity contribution < 1.29 is 0 Å². The lowest BCUT2D eigenvalue weighted by atomic mass is 9.81. The van der Waals surface area contributed by atoms with Gasteiger partial charge in [0.2, 0.25) is 0 Å². The van der Waals surface area contributed by atoms with Crippen molar-refractivity contribution in [1.82, 2.24) is 15.0 Å². The maximum Gasteiger partial charge on any atom is 0.0346 e. The molecular weight excluding hydrogens is 510 g/mol. The summed E-state index contributed by atoms with van der Waals surface area (Å²) < 4.78 is 0. The van der Waals surface area contributed by atoms with Crippen LogP contribution in [-0.4, -0.2) is 15.0 Å². The van der Waals surface area contributed by atoms with Gasteiger partial charge in [0.15, 0.2) is 0 Å². The second-order valence-electron chi connectivity index (χ2n) is 10.1. The Morgan fingerprint density at radius 3 is 0.976 bits per heavy atom. The fraction of sp³-hybridized carbons (Fsp3) is 0. The van der Waals surface area contributed by atoms with Crippen molar-refractivity contribution in [3.05, 3.63) is 165 Å². The summed E-state index contributed by atoms with van der Waals surface area (Å²) in [6.07, 6.45) is 11.3. The van der Waals surface area contributed by atoms with Gasteiger partial charge < -0.3 is 0 Å². The van der Waals surface area contributed by atoms with Crippen molar-refractivity contribution in [2.24, 2.45) is 0 Å². The van der Waals surface area contributed by atoms with E-state index in [2.05, 4.69) is 124 Å². The van der Waals surface area contributed by atoms with E-state index in [0.717, 1.165) is 61.2 Å². The molecule has 0 saturated heterocycles. The summed E-state index contributed by atoms with van der Waals surface area (Å²) >= 11 is 0. The zero-order valence-electron chi connectivity index (χ0n) is 22.9. The molecule has 0 fully saturated rings. The lowest BCUT2D eigenvalue weighted by Crippen LogP contribution is -1.96. The molecule has 7 aromatic rings. The van der Waals surface area contributed by atoms with Gasteiger partial charge in [0, 0.05) is 53.9 Å². The number of nitrogens with zero attached hydrogens (tertiary/aromatic N) is 3. The Balaban J connectivity index is 1.57. The van der Waals surface area contributed by atoms with Gasteiger partial charge in [-0.3, -0.25) is 15.0 Å². The first-order valence-electron chi connectivity index (χ1n) is 14.0. The van der Waals surface area contributed by atoms with Crippen LogP contribution in [0.25, 0.3) is 66.8 Å². The summed E-state index contributed by atoms with van der Waals surface area (Å²) in [6.45, 7) is 0. The van der Waals surface area contributed by atoms with Crippen LogP contribution in [0.1, 0.15) is 0 Å². The fourth-order valence-electron chi connectivity index (χ4n) is 5.75. The normalized spacial score (nSPS) is 10.9. The number of hydrogen-bond acceptors (Lipinski definition) is 3. The summed E-state index contributed by atoms with van der Waals surface area (Å²) in [5.74, 6) is 0. The highest BCUT2D eigenvalue weighted by Crippen LogP contribution is 2.47. The lowest BCUT2D eigenvalue weighted by molar-refractivity contribution is 1.33. The van der Waals surface area contributed by atoms with E-state index in [-0.39, 0.29) is 0 Å². The largest absolute Gasteiger partial charge is 0.264 e. The highest BCUT2D eigenvalue weighted by Gasteiger charge is 2.21. The van der Waals surface area contributed by atoms with E-state index in [9.17, 15) is 0 Å². The van der Waals surface area contributed by atoms with Crippen molar-refractivity contribution in [3.63, 3.8) is 0 Å². The molecule has 0 spiro atoms. The third-order valence-corrected chi connectivity index (χ3v) is 7.61. The van der Waals surface area contributed by atoms with Crippen LogP contribution in [0.5, 0.6) is 0 Å². The quantitative estimate of drug-likeness (QED) is 0.212. The van der Waals surface area contributed by atoms with Crippen molar-refractivity contribution >= 4 is 0 Å². The van der Waals surface area contributed by atoms with Crippen LogP contribution in [0.15, 0.2) is 165 Å². The molecule has 42 heavy (non-hydrogen) atoms. The molecule has 0 amide bonds. The molecule has 3 nitrogen and oxygen atoms in total. The molecule has 3 heterocycles. The van der Waals surface area contributed by atoms with Gasteiger partial charge in [0.1, 0.15) is 0 Å². The van der Waals surface area contributed by atoms with E-state index in [1.165, 1.54) is 5.56 Å². The SMILES string of the molecule is c1cncc(-c2ccccc2-c2cccc(-c3ccccc3-c3cccnc3)c2-c2ccccc2-c2cccnc2)c1. The molecule has 0 aliphatic heterocycles. The Kier molecular flexibility index (Phi) is 6.89. The van der Waals surface area contributed by atoms with E-state index in [4.69, 9.17) is 0 Å². The Bertz CT molecular complexity index is 1870. The number of aromatic nitrogens is 3. The molecule has 0 bridgehead atoms. The van der Waals surface area contributed by atoms with Gasteiger partial charge >= 0.3 is 0 Å². The number of benzene rings is 4. The molecule has 0 saturated carbocycles. The van der Waals surface area contributed by atoms with Crippen molar-refractivity contribution in [3.8, 4) is 66.8 Å². The van der Waals surface area contributed by atoms with Crippen LogP contribution >= 0.6 is 0 Å². The third-order valence-electron chi connectivity index (χ3n) is 7.61. The predicted molar refractivity (Wildman–Crippen MR) is 172 cm³/mol. The lowest BCUT2D eigenvalue weighted by Gasteiger charge is -2.22. The second kappa shape index (κ2) is 11.4. The summed E-state index contributed by atoms with van der Waals surface area (Å²) in [6, 6.07) is 44.8. The maximum absolute atomic E-state index is 4.45. The van der Waals surface area contributed by atoms with Gasteiger partial charge in [-0.25, -0.2) is 0 Å². The molecule has 0 N–H and O–H groups in total. The Labute approximate surface area is 245 Å². The highest BCUT2D eigenvalue weighted by atomic mass is 14.6. The van der Waals surface area contributed by atoms with Crippen molar-refractivity contribution in [2.45, 2.75) is 0 Å². The first kappa shape index (κ1) is 25.3. The van der Waals surface area contributed by atoms with Crippen molar-refractivity contribution in [2.75, 3.05) is 0 Å². The highest BCUT2D eigenvalue weighted by molar-refractivity contribution is 6.03. The van der Waals surface area contributed by atoms with Gasteiger partial charge in [-0.1, -0.05) is 109 Å². The average Bonchev–Trinajstić information content (AvgIpc) is 3.09. The van der Waals surface area contributed by atoms with E-state index in [0.29, 0.717) is 0 Å². The average molecular weight is 538 g/mol. The maximum atomic E-state index is 4.45. The molecule has 0 aliphatic rings. The molecule has 7 rings (SSSR count). The Hall–Kier alpha value is -5.67. The minimum atomic E-state index is 1.08. The summed E-state index contributed by atoms with van der Waals surface area (Å²) in [5, 5.41) is 0. The van der Waals surface area contributed by atoms with E-state index in [1.54, 1.807) is 0 Å². The monoisotopic (exact) mass is 537 g/mol. The first-order valence-corrected chi connectivity index (χ1v) is 14.0. The van der Waals surface area contributed by atoms with E-state index < -0.39 is 0 Å². The molecule has 0 atom stereocenters. The zero-order valence-corrected chi connectivity index (χ0v) is 22.9. The summed E-state index contributed by atoms with van der Waals surface area (Å²) in [4.78, 5) is 13.3. The minimum Gasteiger partial charge on any atom is -0.264 e. The smallest absolute Gasteiger partial charge is 0.0346 e. The zero-order chi connectivity index (χ0) is 28.1. The van der Waals surface area contributed by atoms with Crippen LogP contribution in [-0.2, 0) is 0 Å². The number of pyridine rings is 3. The van der Waals surface area contributed by atoms with E-state index >= 15 is 0 Å². The predicted octanol–water partition coefficient (Wildman–Crippen LogP) is 9.87. The molecule has 4 aromatic carbocycles. The van der Waals surface area contributed by atoms with Crippen LogP contribution in [0.2, 0.25) is 0 Å². The van der Waals surface area contributed by atoms with Crippen molar-refractivity contribution in [1.29, 1.82) is 0 Å². The third kappa shape index (κ3) is 4.78. The number of hydrogen-bond donors (Lipinski definition) is 0. The van der Waals surface area contributed by atoms with Crippen LogP contribution in [0.3, 0.4) is 0 Å². The molecule has 0 radical (unpaired) electrons. The topological polar surface area (TPSA) is 38.7 Å². The van der Waals surface area contributed by atoms with E-state index in [1.807, 2.05) is 55.4 Å². The molecule has 0 unspecified atom stereocenters. The standard InChI is InChI=1S/C39H27N3/c1-4-17-34(31(14-1)28-11-8-22-40-25-28)37-20-7-21-38(35-18-5-2-15-32(35)29-12-9-23-41-26-29)39(37)36-19-6-3-16-33(36)30-13-10-24-42-27-30/h1-27H. The van der Waals surface area contributed by atoms with Gasteiger partial charge in [0.05, 0.1) is 0 Å². The Morgan fingerprint density at radius 2 is 0.595 bits per heavy atom. The van der Waals surface area contributed by atoms with Crippen LogP contribution in [0.4, 0.5) is 0 Å². The van der Waals surface area contributed by atoms with Crippen LogP contribution < -0.4 is 0 Å². The van der Waals surface area contributed by atoms with Crippen LogP contribution in [0, 0.1) is 0 Å². The molecule has 3 aromatic heterocycles. The summed E-state index contributed by atoms with van der Waals surface area (Å²) in [7, 11) is 0.